The van der Waals surface area contributed by atoms with Crippen LogP contribution in [-0.4, -0.2) is 16.3 Å². The minimum absolute atomic E-state index is 0.770. The molecule has 0 amide bonds. The van der Waals surface area contributed by atoms with Gasteiger partial charge in [-0.15, -0.1) is 0 Å². The van der Waals surface area contributed by atoms with Gasteiger partial charge < -0.3 is 5.32 Å². The standard InChI is InChI=1S/C16H14ClN3S/c1-10-2-3-12(8-14(10)17)20-16-13(4-6-18-16)15(19-20)11-5-7-21-9-11/h2-3,5,7-9,18H,4,6H2,1H3. The molecule has 3 nitrogen and oxygen atoms in total. The highest BCUT2D eigenvalue weighted by Gasteiger charge is 2.24. The zero-order valence-corrected chi connectivity index (χ0v) is 13.1. The van der Waals surface area contributed by atoms with Gasteiger partial charge in [0, 0.05) is 28.1 Å². The van der Waals surface area contributed by atoms with Crippen LogP contribution < -0.4 is 5.32 Å². The Bertz CT molecular complexity index is 805. The molecule has 2 aromatic heterocycles. The van der Waals surface area contributed by atoms with Crippen LogP contribution in [0.1, 0.15) is 11.1 Å². The molecule has 5 heteroatoms. The Morgan fingerprint density at radius 2 is 2.24 bits per heavy atom. The van der Waals surface area contributed by atoms with Gasteiger partial charge in [-0.25, -0.2) is 4.68 Å². The van der Waals surface area contributed by atoms with Crippen LogP contribution in [-0.2, 0) is 6.42 Å². The lowest BCUT2D eigenvalue weighted by molar-refractivity contribution is 0.882. The summed E-state index contributed by atoms with van der Waals surface area (Å²) >= 11 is 7.96. The fraction of sp³-hybridized carbons (Fsp3) is 0.188. The monoisotopic (exact) mass is 315 g/mol. The molecule has 0 spiro atoms. The molecule has 0 unspecified atom stereocenters. The molecule has 0 atom stereocenters. The Hall–Kier alpha value is -1.78. The molecule has 3 aromatic rings. The van der Waals surface area contributed by atoms with Crippen LogP contribution in [0.5, 0.6) is 0 Å². The molecule has 0 saturated carbocycles. The third kappa shape index (κ3) is 2.06. The molecule has 106 valence electrons. The Balaban J connectivity index is 1.90. The lowest BCUT2D eigenvalue weighted by Crippen LogP contribution is -2.04. The zero-order valence-electron chi connectivity index (χ0n) is 11.6. The Labute approximate surface area is 132 Å². The number of thiophene rings is 1. The van der Waals surface area contributed by atoms with Gasteiger partial charge in [-0.2, -0.15) is 16.4 Å². The number of halogens is 1. The molecule has 0 fully saturated rings. The average Bonchev–Trinajstić information content (AvgIpc) is 3.17. The number of aromatic nitrogens is 2. The van der Waals surface area contributed by atoms with E-state index in [0.29, 0.717) is 0 Å². The lowest BCUT2D eigenvalue weighted by atomic mass is 10.1. The van der Waals surface area contributed by atoms with Crippen molar-refractivity contribution in [3.05, 3.63) is 51.2 Å². The van der Waals surface area contributed by atoms with E-state index in [-0.39, 0.29) is 0 Å². The van der Waals surface area contributed by atoms with Gasteiger partial charge >= 0.3 is 0 Å². The van der Waals surface area contributed by atoms with Crippen LogP contribution in [0.3, 0.4) is 0 Å². The van der Waals surface area contributed by atoms with Crippen LogP contribution in [0.15, 0.2) is 35.0 Å². The van der Waals surface area contributed by atoms with Gasteiger partial charge in [-0.05, 0) is 42.5 Å². The second kappa shape index (κ2) is 4.90. The number of nitrogens with zero attached hydrogens (tertiary/aromatic N) is 2. The normalized spacial score (nSPS) is 13.2. The molecule has 0 bridgehead atoms. The maximum absolute atomic E-state index is 6.26. The zero-order chi connectivity index (χ0) is 14.4. The summed E-state index contributed by atoms with van der Waals surface area (Å²) < 4.78 is 1.97. The summed E-state index contributed by atoms with van der Waals surface area (Å²) in [4.78, 5) is 0. The first-order chi connectivity index (χ1) is 10.2. The summed E-state index contributed by atoms with van der Waals surface area (Å²) in [7, 11) is 0. The van der Waals surface area contributed by atoms with Gasteiger partial charge in [0.15, 0.2) is 0 Å². The summed E-state index contributed by atoms with van der Waals surface area (Å²) in [6.45, 7) is 2.97. The minimum atomic E-state index is 0.770. The van der Waals surface area contributed by atoms with Crippen molar-refractivity contribution in [2.45, 2.75) is 13.3 Å². The highest BCUT2D eigenvalue weighted by molar-refractivity contribution is 7.08. The first-order valence-electron chi connectivity index (χ1n) is 6.89. The molecule has 1 aromatic carbocycles. The first kappa shape index (κ1) is 12.9. The van der Waals surface area contributed by atoms with Crippen LogP contribution >= 0.6 is 22.9 Å². The maximum Gasteiger partial charge on any atom is 0.133 e. The first-order valence-corrected chi connectivity index (χ1v) is 8.21. The Kier molecular flexibility index (Phi) is 3.01. The van der Waals surface area contributed by atoms with Crippen LogP contribution in [0.25, 0.3) is 16.9 Å². The van der Waals surface area contributed by atoms with Crippen molar-refractivity contribution in [2.24, 2.45) is 0 Å². The number of hydrogen-bond acceptors (Lipinski definition) is 3. The van der Waals surface area contributed by atoms with Crippen LogP contribution in [0.4, 0.5) is 5.82 Å². The molecular formula is C16H14ClN3S. The molecule has 0 aliphatic carbocycles. The fourth-order valence-corrected chi connectivity index (χ4v) is 3.52. The Morgan fingerprint density at radius 1 is 1.33 bits per heavy atom. The number of benzene rings is 1. The molecule has 1 aliphatic heterocycles. The second-order valence-electron chi connectivity index (χ2n) is 5.21. The number of anilines is 1. The highest BCUT2D eigenvalue weighted by Crippen LogP contribution is 2.35. The van der Waals surface area contributed by atoms with E-state index in [1.165, 1.54) is 11.1 Å². The second-order valence-corrected chi connectivity index (χ2v) is 6.40. The largest absolute Gasteiger partial charge is 0.369 e. The summed E-state index contributed by atoms with van der Waals surface area (Å²) in [6, 6.07) is 8.19. The molecular weight excluding hydrogens is 302 g/mol. The van der Waals surface area contributed by atoms with Gasteiger partial charge in [0.25, 0.3) is 0 Å². The van der Waals surface area contributed by atoms with E-state index >= 15 is 0 Å². The molecule has 0 radical (unpaired) electrons. The number of aryl methyl sites for hydroxylation is 1. The van der Waals surface area contributed by atoms with Gasteiger partial charge in [0.1, 0.15) is 5.82 Å². The van der Waals surface area contributed by atoms with E-state index < -0.39 is 0 Å². The van der Waals surface area contributed by atoms with E-state index in [0.717, 1.165) is 40.8 Å². The average molecular weight is 316 g/mol. The van der Waals surface area contributed by atoms with Crippen molar-refractivity contribution in [1.82, 2.24) is 9.78 Å². The number of nitrogens with one attached hydrogen (secondary N) is 1. The minimum Gasteiger partial charge on any atom is -0.369 e. The Morgan fingerprint density at radius 3 is 3.00 bits per heavy atom. The summed E-state index contributed by atoms with van der Waals surface area (Å²) in [6.07, 6.45) is 1.01. The highest BCUT2D eigenvalue weighted by atomic mass is 35.5. The van der Waals surface area contributed by atoms with E-state index in [1.54, 1.807) is 11.3 Å². The van der Waals surface area contributed by atoms with Gasteiger partial charge in [0.05, 0.1) is 11.4 Å². The quantitative estimate of drug-likeness (QED) is 0.753. The molecule has 1 aliphatic rings. The van der Waals surface area contributed by atoms with Crippen molar-refractivity contribution in [3.63, 3.8) is 0 Å². The number of fused-ring (bicyclic) bond motifs is 1. The third-order valence-electron chi connectivity index (χ3n) is 3.85. The SMILES string of the molecule is Cc1ccc(-n2nc(-c3ccsc3)c3c2NCC3)cc1Cl. The fourth-order valence-electron chi connectivity index (χ4n) is 2.71. The van der Waals surface area contributed by atoms with E-state index in [2.05, 4.69) is 28.2 Å². The predicted octanol–water partition coefficient (Wildman–Crippen LogP) is 4.53. The molecule has 0 saturated heterocycles. The maximum atomic E-state index is 6.26. The number of rotatable bonds is 2. The van der Waals surface area contributed by atoms with Crippen molar-refractivity contribution in [1.29, 1.82) is 0 Å². The molecule has 21 heavy (non-hydrogen) atoms. The smallest absolute Gasteiger partial charge is 0.133 e. The van der Waals surface area contributed by atoms with E-state index in [9.17, 15) is 0 Å². The van der Waals surface area contributed by atoms with Gasteiger partial charge in [-0.3, -0.25) is 0 Å². The molecule has 3 heterocycles. The van der Waals surface area contributed by atoms with E-state index in [1.807, 2.05) is 23.7 Å². The summed E-state index contributed by atoms with van der Waals surface area (Å²) in [5.74, 6) is 1.09. The topological polar surface area (TPSA) is 29.9 Å². The predicted molar refractivity (Wildman–Crippen MR) is 88.8 cm³/mol. The van der Waals surface area contributed by atoms with Gasteiger partial charge in [-0.1, -0.05) is 17.7 Å². The lowest BCUT2D eigenvalue weighted by Gasteiger charge is -2.08. The van der Waals surface area contributed by atoms with Crippen molar-refractivity contribution < 1.29 is 0 Å². The van der Waals surface area contributed by atoms with Crippen molar-refractivity contribution >= 4 is 28.8 Å². The van der Waals surface area contributed by atoms with E-state index in [4.69, 9.17) is 16.7 Å². The summed E-state index contributed by atoms with van der Waals surface area (Å²) in [5, 5.41) is 13.3. The van der Waals surface area contributed by atoms with Crippen LogP contribution in [0.2, 0.25) is 5.02 Å². The molecule has 1 N–H and O–H groups in total. The van der Waals surface area contributed by atoms with Crippen LogP contribution in [0, 0.1) is 6.92 Å². The summed E-state index contributed by atoms with van der Waals surface area (Å²) in [5.41, 5.74) is 5.64. The molecule has 4 rings (SSSR count). The third-order valence-corrected chi connectivity index (χ3v) is 4.94. The van der Waals surface area contributed by atoms with Gasteiger partial charge in [0.2, 0.25) is 0 Å². The van der Waals surface area contributed by atoms with Crippen molar-refractivity contribution in [3.8, 4) is 16.9 Å². The number of hydrogen-bond donors (Lipinski definition) is 1. The van der Waals surface area contributed by atoms with Crippen molar-refractivity contribution in [2.75, 3.05) is 11.9 Å².